The normalized spacial score (nSPS) is 11.4. The molecule has 0 unspecified atom stereocenters. The lowest BCUT2D eigenvalue weighted by molar-refractivity contribution is -0.156. The van der Waals surface area contributed by atoms with Gasteiger partial charge in [-0.3, -0.25) is 9.59 Å². The van der Waals surface area contributed by atoms with Gasteiger partial charge in [0, 0.05) is 12.1 Å². The summed E-state index contributed by atoms with van der Waals surface area (Å²) >= 11 is 0. The van der Waals surface area contributed by atoms with Gasteiger partial charge in [0.25, 0.3) is 5.91 Å². The fourth-order valence-electron chi connectivity index (χ4n) is 1.53. The van der Waals surface area contributed by atoms with Crippen molar-refractivity contribution in [1.29, 1.82) is 0 Å². The van der Waals surface area contributed by atoms with E-state index in [1.807, 2.05) is 0 Å². The molecule has 0 saturated heterocycles. The van der Waals surface area contributed by atoms with Crippen LogP contribution in [0.2, 0.25) is 0 Å². The van der Waals surface area contributed by atoms with E-state index in [2.05, 4.69) is 5.32 Å². The van der Waals surface area contributed by atoms with Crippen LogP contribution in [0.1, 0.15) is 31.1 Å². The summed E-state index contributed by atoms with van der Waals surface area (Å²) < 4.78 is 10.1. The van der Waals surface area contributed by atoms with E-state index in [4.69, 9.17) is 9.47 Å². The molecule has 0 radical (unpaired) electrons. The van der Waals surface area contributed by atoms with E-state index >= 15 is 0 Å². The quantitative estimate of drug-likeness (QED) is 0.606. The molecular formula is C15H19NO5. The van der Waals surface area contributed by atoms with Crippen molar-refractivity contribution >= 4 is 17.7 Å². The molecule has 0 fully saturated rings. The minimum Gasteiger partial charge on any atom is -0.482 e. The molecule has 1 N–H and O–H groups in total. The summed E-state index contributed by atoms with van der Waals surface area (Å²) in [7, 11) is 0. The molecule has 1 aromatic carbocycles. The first kappa shape index (κ1) is 16.7. The third kappa shape index (κ3) is 5.64. The summed E-state index contributed by atoms with van der Waals surface area (Å²) in [5.41, 5.74) is 0.565. The van der Waals surface area contributed by atoms with Crippen LogP contribution >= 0.6 is 0 Å². The Kier molecular flexibility index (Phi) is 6.39. The van der Waals surface area contributed by atoms with Gasteiger partial charge in [-0.1, -0.05) is 0 Å². The molecule has 0 spiro atoms. The minimum atomic E-state index is -0.860. The predicted octanol–water partition coefficient (Wildman–Crippen LogP) is 1.34. The average molecular weight is 293 g/mol. The third-order valence-electron chi connectivity index (χ3n) is 2.65. The van der Waals surface area contributed by atoms with Gasteiger partial charge >= 0.3 is 5.97 Å². The number of esters is 1. The van der Waals surface area contributed by atoms with Crippen molar-refractivity contribution in [3.63, 3.8) is 0 Å². The smallest absolute Gasteiger partial charge is 0.344 e. The van der Waals surface area contributed by atoms with Crippen LogP contribution in [0.15, 0.2) is 24.3 Å². The second-order valence-corrected chi connectivity index (χ2v) is 4.40. The molecule has 0 aliphatic carbocycles. The maximum absolute atomic E-state index is 11.5. The Morgan fingerprint density at radius 3 is 2.33 bits per heavy atom. The number of likely N-dealkylation sites (N-methyl/N-ethyl adjacent to an activating group) is 1. The van der Waals surface area contributed by atoms with E-state index in [9.17, 15) is 14.4 Å². The summed E-state index contributed by atoms with van der Waals surface area (Å²) in [6.45, 7) is 4.91. The van der Waals surface area contributed by atoms with E-state index in [0.29, 0.717) is 17.9 Å². The molecule has 1 amide bonds. The standard InChI is InChI=1S/C15H19NO5/c1-4-16-15(19)11(3)21-14(18)9-20-13-7-5-12(6-8-13)10(2)17/h5-8,11H,4,9H2,1-3H3,(H,16,19)/t11-/m1/s1. The number of nitrogens with one attached hydrogen (secondary N) is 1. The highest BCUT2D eigenvalue weighted by molar-refractivity contribution is 5.94. The lowest BCUT2D eigenvalue weighted by Crippen LogP contribution is -2.36. The molecule has 0 aliphatic heterocycles. The van der Waals surface area contributed by atoms with Gasteiger partial charge in [-0.25, -0.2) is 4.79 Å². The summed E-state index contributed by atoms with van der Waals surface area (Å²) in [6, 6.07) is 6.41. The van der Waals surface area contributed by atoms with Crippen molar-refractivity contribution in [2.24, 2.45) is 0 Å². The number of carbonyl (C=O) groups is 3. The Balaban J connectivity index is 2.42. The molecule has 0 saturated carbocycles. The molecule has 6 heteroatoms. The van der Waals surface area contributed by atoms with Crippen molar-refractivity contribution in [1.82, 2.24) is 5.32 Å². The van der Waals surface area contributed by atoms with Crippen LogP contribution in [-0.4, -0.2) is 36.9 Å². The highest BCUT2D eigenvalue weighted by atomic mass is 16.6. The van der Waals surface area contributed by atoms with Crippen LogP contribution in [0.4, 0.5) is 0 Å². The second kappa shape index (κ2) is 8.04. The zero-order chi connectivity index (χ0) is 15.8. The Labute approximate surface area is 123 Å². The lowest BCUT2D eigenvalue weighted by atomic mass is 10.1. The number of ether oxygens (including phenoxy) is 2. The fourth-order valence-corrected chi connectivity index (χ4v) is 1.53. The largest absolute Gasteiger partial charge is 0.482 e. The molecule has 0 heterocycles. The molecule has 1 aromatic rings. The SMILES string of the molecule is CCNC(=O)[C@@H](C)OC(=O)COc1ccc(C(C)=O)cc1. The Bertz CT molecular complexity index is 509. The fraction of sp³-hybridized carbons (Fsp3) is 0.400. The summed E-state index contributed by atoms with van der Waals surface area (Å²) in [4.78, 5) is 34.0. The van der Waals surface area contributed by atoms with E-state index < -0.39 is 12.1 Å². The van der Waals surface area contributed by atoms with Gasteiger partial charge in [0.15, 0.2) is 18.5 Å². The van der Waals surface area contributed by atoms with Crippen LogP contribution in [0.5, 0.6) is 5.75 Å². The summed E-state index contributed by atoms with van der Waals surface area (Å²) in [6.07, 6.45) is -0.860. The van der Waals surface area contributed by atoms with E-state index in [0.717, 1.165) is 0 Å². The van der Waals surface area contributed by atoms with Gasteiger partial charge in [-0.15, -0.1) is 0 Å². The lowest BCUT2D eigenvalue weighted by Gasteiger charge is -2.13. The number of rotatable bonds is 7. The average Bonchev–Trinajstić information content (AvgIpc) is 2.45. The Morgan fingerprint density at radius 2 is 1.81 bits per heavy atom. The number of Topliss-reactive ketones (excluding diaryl/α,β-unsaturated/α-hetero) is 1. The van der Waals surface area contributed by atoms with Gasteiger partial charge in [-0.05, 0) is 45.0 Å². The van der Waals surface area contributed by atoms with Crippen molar-refractivity contribution in [3.05, 3.63) is 29.8 Å². The van der Waals surface area contributed by atoms with E-state index in [1.54, 1.807) is 31.2 Å². The first-order valence-corrected chi connectivity index (χ1v) is 6.65. The van der Waals surface area contributed by atoms with Crippen LogP contribution < -0.4 is 10.1 Å². The molecule has 114 valence electrons. The van der Waals surface area contributed by atoms with Gasteiger partial charge < -0.3 is 14.8 Å². The van der Waals surface area contributed by atoms with Crippen LogP contribution in [0, 0.1) is 0 Å². The maximum atomic E-state index is 11.5. The molecule has 21 heavy (non-hydrogen) atoms. The number of hydrogen-bond acceptors (Lipinski definition) is 5. The van der Waals surface area contributed by atoms with Gasteiger partial charge in [0.05, 0.1) is 0 Å². The van der Waals surface area contributed by atoms with Crippen LogP contribution in [0.3, 0.4) is 0 Å². The van der Waals surface area contributed by atoms with E-state index in [1.165, 1.54) is 13.8 Å². The molecule has 1 rings (SSSR count). The van der Waals surface area contributed by atoms with Gasteiger partial charge in [-0.2, -0.15) is 0 Å². The van der Waals surface area contributed by atoms with Crippen molar-refractivity contribution in [2.75, 3.05) is 13.2 Å². The Morgan fingerprint density at radius 1 is 1.19 bits per heavy atom. The molecule has 0 bridgehead atoms. The molecule has 0 aliphatic rings. The number of amides is 1. The first-order chi connectivity index (χ1) is 9.93. The van der Waals surface area contributed by atoms with Crippen molar-refractivity contribution < 1.29 is 23.9 Å². The minimum absolute atomic E-state index is 0.0447. The van der Waals surface area contributed by atoms with E-state index in [-0.39, 0.29) is 18.3 Å². The van der Waals surface area contributed by atoms with Crippen LogP contribution in [0.25, 0.3) is 0 Å². The van der Waals surface area contributed by atoms with Gasteiger partial charge in [0.1, 0.15) is 5.75 Å². The van der Waals surface area contributed by atoms with Crippen LogP contribution in [-0.2, 0) is 14.3 Å². The third-order valence-corrected chi connectivity index (χ3v) is 2.65. The number of benzene rings is 1. The topological polar surface area (TPSA) is 81.7 Å². The van der Waals surface area contributed by atoms with Crippen molar-refractivity contribution in [3.8, 4) is 5.75 Å². The molecule has 1 atom stereocenters. The summed E-state index contributed by atoms with van der Waals surface area (Å²) in [5, 5.41) is 2.55. The predicted molar refractivity (Wildman–Crippen MR) is 76.2 cm³/mol. The molecule has 6 nitrogen and oxygen atoms in total. The zero-order valence-electron chi connectivity index (χ0n) is 12.3. The highest BCUT2D eigenvalue weighted by Crippen LogP contribution is 2.12. The number of carbonyl (C=O) groups excluding carboxylic acids is 3. The highest BCUT2D eigenvalue weighted by Gasteiger charge is 2.17. The second-order valence-electron chi connectivity index (χ2n) is 4.40. The monoisotopic (exact) mass is 293 g/mol. The number of hydrogen-bond donors (Lipinski definition) is 1. The zero-order valence-corrected chi connectivity index (χ0v) is 12.3. The number of ketones is 1. The first-order valence-electron chi connectivity index (χ1n) is 6.65. The summed E-state index contributed by atoms with van der Waals surface area (Å²) in [5.74, 6) is -0.583. The molecular weight excluding hydrogens is 274 g/mol. The van der Waals surface area contributed by atoms with Crippen molar-refractivity contribution in [2.45, 2.75) is 26.9 Å². The molecule has 0 aromatic heterocycles. The maximum Gasteiger partial charge on any atom is 0.344 e. The Hall–Kier alpha value is -2.37. The van der Waals surface area contributed by atoms with Gasteiger partial charge in [0.2, 0.25) is 0 Å².